The predicted molar refractivity (Wildman–Crippen MR) is 210 cm³/mol. The fourth-order valence-corrected chi connectivity index (χ4v) is 7.70. The molecule has 0 saturated carbocycles. The van der Waals surface area contributed by atoms with Crippen LogP contribution in [0.25, 0.3) is 32.8 Å². The lowest BCUT2D eigenvalue weighted by molar-refractivity contribution is 0.0513. The zero-order chi connectivity index (χ0) is 36.9. The van der Waals surface area contributed by atoms with Crippen molar-refractivity contribution in [2.45, 2.75) is 39.5 Å². The van der Waals surface area contributed by atoms with Gasteiger partial charge in [-0.05, 0) is 61.0 Å². The van der Waals surface area contributed by atoms with Crippen molar-refractivity contribution < 1.29 is 28.5 Å². The first kappa shape index (κ1) is 35.4. The number of hydrogen-bond donors (Lipinski definition) is 0. The van der Waals surface area contributed by atoms with Gasteiger partial charge in [-0.2, -0.15) is 5.10 Å². The lowest BCUT2D eigenvalue weighted by atomic mass is 9.98. The number of anilines is 1. The summed E-state index contributed by atoms with van der Waals surface area (Å²) in [5.41, 5.74) is 7.30. The summed E-state index contributed by atoms with van der Waals surface area (Å²) in [5.74, 6) is 1.29. The molecule has 8 rings (SSSR count). The minimum absolute atomic E-state index is 0.262. The highest BCUT2D eigenvalue weighted by molar-refractivity contribution is 6.05. The zero-order valence-electron chi connectivity index (χ0n) is 31.0. The molecule has 2 aromatic heterocycles. The number of morpholine rings is 1. The number of aryl methyl sites for hydroxylation is 2. The SMILES string of the molecule is CCOC(=O)c1c(CCCOc2cccc3ccccc23)c2cccc3c2n1C/C=C\COCc1c-3c(COc2ccc(N3CCOCC3)cc2)nn1C. The van der Waals surface area contributed by atoms with Crippen molar-refractivity contribution >= 4 is 33.3 Å². The molecule has 0 spiro atoms. The van der Waals surface area contributed by atoms with Crippen LogP contribution in [0.4, 0.5) is 5.69 Å². The second-order valence-electron chi connectivity index (χ2n) is 13.5. The number of fused-ring (bicyclic) bond motifs is 3. The van der Waals surface area contributed by atoms with E-state index in [-0.39, 0.29) is 19.2 Å². The van der Waals surface area contributed by atoms with E-state index in [1.807, 2.05) is 61.1 Å². The number of esters is 1. The summed E-state index contributed by atoms with van der Waals surface area (Å²) >= 11 is 0. The average Bonchev–Trinajstić information content (AvgIpc) is 3.69. The molecule has 278 valence electrons. The first-order chi connectivity index (χ1) is 26.6. The van der Waals surface area contributed by atoms with Gasteiger partial charge in [0.2, 0.25) is 0 Å². The van der Waals surface area contributed by atoms with Gasteiger partial charge in [0.05, 0.1) is 50.9 Å². The molecule has 2 aliphatic heterocycles. The number of benzene rings is 4. The van der Waals surface area contributed by atoms with Gasteiger partial charge in [-0.1, -0.05) is 66.7 Å². The molecule has 0 unspecified atom stereocenters. The number of nitrogens with zero attached hydrogens (tertiary/aromatic N) is 4. The van der Waals surface area contributed by atoms with Gasteiger partial charge >= 0.3 is 5.97 Å². The molecule has 0 N–H and O–H groups in total. The molecule has 0 amide bonds. The van der Waals surface area contributed by atoms with Gasteiger partial charge in [-0.25, -0.2) is 4.79 Å². The Morgan fingerprint density at radius 3 is 2.52 bits per heavy atom. The number of rotatable bonds is 11. The van der Waals surface area contributed by atoms with Crippen molar-refractivity contribution in [3.05, 3.63) is 120 Å². The van der Waals surface area contributed by atoms with E-state index in [9.17, 15) is 4.79 Å². The van der Waals surface area contributed by atoms with Crippen LogP contribution < -0.4 is 14.4 Å². The van der Waals surface area contributed by atoms with Gasteiger partial charge in [0.15, 0.2) is 0 Å². The van der Waals surface area contributed by atoms with Crippen molar-refractivity contribution in [3.63, 3.8) is 0 Å². The fourth-order valence-electron chi connectivity index (χ4n) is 7.70. The van der Waals surface area contributed by atoms with Gasteiger partial charge in [0, 0.05) is 54.3 Å². The van der Waals surface area contributed by atoms with Crippen LogP contribution in [0.1, 0.15) is 40.8 Å². The van der Waals surface area contributed by atoms with Crippen LogP contribution in [-0.2, 0) is 47.4 Å². The Morgan fingerprint density at radius 2 is 1.67 bits per heavy atom. The Kier molecular flexibility index (Phi) is 10.6. The quantitative estimate of drug-likeness (QED) is 0.0757. The lowest BCUT2D eigenvalue weighted by Crippen LogP contribution is -2.36. The molecule has 10 nitrogen and oxygen atoms in total. The van der Waals surface area contributed by atoms with Gasteiger partial charge in [0.1, 0.15) is 29.5 Å². The predicted octanol–water partition coefficient (Wildman–Crippen LogP) is 7.89. The smallest absolute Gasteiger partial charge is 0.355 e. The second-order valence-corrected chi connectivity index (χ2v) is 13.5. The van der Waals surface area contributed by atoms with Crippen LogP contribution in [0, 0.1) is 0 Å². The summed E-state index contributed by atoms with van der Waals surface area (Å²) in [6.45, 7) is 7.41. The third-order valence-corrected chi connectivity index (χ3v) is 10.2. The molecule has 0 radical (unpaired) electrons. The molecule has 0 bridgehead atoms. The van der Waals surface area contributed by atoms with Crippen LogP contribution in [-0.4, -0.2) is 66.4 Å². The van der Waals surface area contributed by atoms with E-state index < -0.39 is 0 Å². The van der Waals surface area contributed by atoms with E-state index in [4.69, 9.17) is 28.8 Å². The first-order valence-electron chi connectivity index (χ1n) is 18.9. The number of carbonyl (C=O) groups is 1. The minimum Gasteiger partial charge on any atom is -0.493 e. The highest BCUT2D eigenvalue weighted by Gasteiger charge is 2.28. The Morgan fingerprint density at radius 1 is 0.870 bits per heavy atom. The molecular weight excluding hydrogens is 681 g/mol. The standard InChI is InChI=1S/C44H46N4O6/c1-3-52-44(49)43-36(16-10-26-53-40-17-8-12-31-11-4-5-13-34(31)40)35-14-9-15-37-41-38(29-54-33-20-18-32(19-21-33)47-23-27-50-28-24-47)45-46(2)39(41)30-51-25-7-6-22-48(43)42(35)37/h4-9,11-15,17-21H,3,10,16,22-30H2,1-2H3/b7-6-. The molecule has 10 heteroatoms. The van der Waals surface area contributed by atoms with Crippen LogP contribution in [0.15, 0.2) is 97.1 Å². The number of aromatic nitrogens is 3. The van der Waals surface area contributed by atoms with Crippen LogP contribution in [0.3, 0.4) is 0 Å². The first-order valence-corrected chi connectivity index (χ1v) is 18.9. The summed E-state index contributed by atoms with van der Waals surface area (Å²) in [6, 6.07) is 28.9. The molecule has 54 heavy (non-hydrogen) atoms. The molecule has 0 aliphatic carbocycles. The molecule has 6 aromatic rings. The molecule has 2 aliphatic rings. The average molecular weight is 727 g/mol. The second kappa shape index (κ2) is 16.2. The van der Waals surface area contributed by atoms with Gasteiger partial charge in [0.25, 0.3) is 0 Å². The number of para-hydroxylation sites is 1. The van der Waals surface area contributed by atoms with Gasteiger partial charge in [-0.3, -0.25) is 4.68 Å². The molecular formula is C44H46N4O6. The van der Waals surface area contributed by atoms with Crippen LogP contribution in [0.5, 0.6) is 11.5 Å². The highest BCUT2D eigenvalue weighted by Crippen LogP contribution is 2.39. The Bertz CT molecular complexity index is 2280. The van der Waals surface area contributed by atoms with Gasteiger partial charge < -0.3 is 33.2 Å². The number of carbonyl (C=O) groups excluding carboxylic acids is 1. The van der Waals surface area contributed by atoms with Crippen LogP contribution in [0.2, 0.25) is 0 Å². The van der Waals surface area contributed by atoms with E-state index in [1.165, 1.54) is 0 Å². The molecule has 1 fully saturated rings. The molecule has 4 aromatic carbocycles. The summed E-state index contributed by atoms with van der Waals surface area (Å²) in [4.78, 5) is 16.2. The monoisotopic (exact) mass is 726 g/mol. The van der Waals surface area contributed by atoms with E-state index in [1.54, 1.807) is 0 Å². The Balaban J connectivity index is 1.14. The van der Waals surface area contributed by atoms with Crippen molar-refractivity contribution in [1.82, 2.24) is 14.3 Å². The summed E-state index contributed by atoms with van der Waals surface area (Å²) < 4.78 is 34.1. The fraction of sp³-hybridized carbons (Fsp3) is 0.318. The van der Waals surface area contributed by atoms with Crippen molar-refractivity contribution in [1.29, 1.82) is 0 Å². The zero-order valence-corrected chi connectivity index (χ0v) is 31.0. The van der Waals surface area contributed by atoms with E-state index in [2.05, 4.69) is 64.1 Å². The maximum Gasteiger partial charge on any atom is 0.355 e. The van der Waals surface area contributed by atoms with Gasteiger partial charge in [-0.15, -0.1) is 0 Å². The van der Waals surface area contributed by atoms with E-state index in [0.29, 0.717) is 44.9 Å². The van der Waals surface area contributed by atoms with Crippen molar-refractivity contribution in [2.75, 3.05) is 51.0 Å². The van der Waals surface area contributed by atoms with Crippen molar-refractivity contribution in [2.24, 2.45) is 7.05 Å². The number of ether oxygens (including phenoxy) is 5. The normalized spacial score (nSPS) is 15.1. The number of allylic oxidation sites excluding steroid dienone is 1. The van der Waals surface area contributed by atoms with E-state index in [0.717, 1.165) is 93.2 Å². The third-order valence-electron chi connectivity index (χ3n) is 10.2. The third kappa shape index (κ3) is 7.19. The summed E-state index contributed by atoms with van der Waals surface area (Å²) in [5, 5.41) is 8.22. The topological polar surface area (TPSA) is 89.2 Å². The maximum atomic E-state index is 13.9. The lowest BCUT2D eigenvalue weighted by Gasteiger charge is -2.28. The molecule has 4 heterocycles. The maximum absolute atomic E-state index is 13.9. The largest absolute Gasteiger partial charge is 0.493 e. The Hall–Kier alpha value is -5.58. The number of hydrogen-bond acceptors (Lipinski definition) is 8. The molecule has 0 atom stereocenters. The highest BCUT2D eigenvalue weighted by atomic mass is 16.5. The molecule has 1 saturated heterocycles. The summed E-state index contributed by atoms with van der Waals surface area (Å²) in [6.07, 6.45) is 5.41. The van der Waals surface area contributed by atoms with E-state index >= 15 is 0 Å². The van der Waals surface area contributed by atoms with Crippen LogP contribution >= 0.6 is 0 Å². The Labute approximate surface area is 315 Å². The van der Waals surface area contributed by atoms with Crippen molar-refractivity contribution in [3.8, 4) is 22.6 Å². The summed E-state index contributed by atoms with van der Waals surface area (Å²) in [7, 11) is 1.95. The minimum atomic E-state index is -0.334.